The van der Waals surface area contributed by atoms with Crippen LogP contribution in [0.15, 0.2) is 16.6 Å². The predicted octanol–water partition coefficient (Wildman–Crippen LogP) is 2.56. The van der Waals surface area contributed by atoms with Crippen molar-refractivity contribution in [2.75, 3.05) is 38.3 Å². The van der Waals surface area contributed by atoms with Gasteiger partial charge in [-0.3, -0.25) is 4.79 Å². The first kappa shape index (κ1) is 18.0. The Hall–Kier alpha value is -1.31. The molecule has 0 aliphatic carbocycles. The van der Waals surface area contributed by atoms with Crippen LogP contribution in [-0.4, -0.2) is 44.9 Å². The number of anilines is 1. The maximum Gasteiger partial charge on any atom is 0.226 e. The van der Waals surface area contributed by atoms with Crippen molar-refractivity contribution in [1.29, 1.82) is 0 Å². The van der Waals surface area contributed by atoms with Gasteiger partial charge in [0.15, 0.2) is 11.5 Å². The molecule has 2 N–H and O–H groups in total. The van der Waals surface area contributed by atoms with Crippen molar-refractivity contribution < 1.29 is 19.0 Å². The normalized spacial score (nSPS) is 17.6. The third-order valence-corrected chi connectivity index (χ3v) is 3.99. The lowest BCUT2D eigenvalue weighted by atomic mass is 10.2. The van der Waals surface area contributed by atoms with E-state index in [2.05, 4.69) is 26.6 Å². The van der Waals surface area contributed by atoms with Crippen LogP contribution in [0.2, 0.25) is 0 Å². The Morgan fingerprint density at radius 2 is 2.04 bits per heavy atom. The van der Waals surface area contributed by atoms with Gasteiger partial charge in [-0.25, -0.2) is 0 Å². The fourth-order valence-electron chi connectivity index (χ4n) is 2.34. The Balaban J connectivity index is 2.05. The highest BCUT2D eigenvalue weighted by atomic mass is 79.9. The zero-order valence-electron chi connectivity index (χ0n) is 13.5. The highest BCUT2D eigenvalue weighted by Gasteiger charge is 2.18. The first-order valence-corrected chi connectivity index (χ1v) is 8.63. The molecule has 1 atom stereocenters. The van der Waals surface area contributed by atoms with E-state index in [-0.39, 0.29) is 11.9 Å². The first-order valence-electron chi connectivity index (χ1n) is 7.84. The second kappa shape index (κ2) is 9.10. The molecule has 1 unspecified atom stereocenters. The molecule has 1 aromatic carbocycles. The zero-order chi connectivity index (χ0) is 16.7. The summed E-state index contributed by atoms with van der Waals surface area (Å²) < 4.78 is 17.3. The molecule has 1 aliphatic rings. The smallest absolute Gasteiger partial charge is 0.226 e. The molecule has 1 fully saturated rings. The van der Waals surface area contributed by atoms with Crippen LogP contribution in [-0.2, 0) is 9.53 Å². The van der Waals surface area contributed by atoms with Gasteiger partial charge in [-0.2, -0.15) is 0 Å². The summed E-state index contributed by atoms with van der Waals surface area (Å²) in [6, 6.07) is 3.64. The molecule has 1 saturated heterocycles. The van der Waals surface area contributed by atoms with Crippen LogP contribution in [0.1, 0.15) is 20.3 Å². The first-order chi connectivity index (χ1) is 11.1. The number of ether oxygens (including phenoxy) is 3. The Labute approximate surface area is 145 Å². The minimum absolute atomic E-state index is 0.0524. The average Bonchev–Trinajstić information content (AvgIpc) is 2.53. The number of benzene rings is 1. The largest absolute Gasteiger partial charge is 0.490 e. The van der Waals surface area contributed by atoms with Gasteiger partial charge in [0.25, 0.3) is 0 Å². The zero-order valence-corrected chi connectivity index (χ0v) is 15.1. The summed E-state index contributed by atoms with van der Waals surface area (Å²) in [5.74, 6) is 1.20. The molecule has 0 bridgehead atoms. The molecule has 7 heteroatoms. The van der Waals surface area contributed by atoms with E-state index >= 15 is 0 Å². The van der Waals surface area contributed by atoms with E-state index in [1.54, 1.807) is 6.07 Å². The molecular weight excluding hydrogens is 364 g/mol. The van der Waals surface area contributed by atoms with Gasteiger partial charge < -0.3 is 24.8 Å². The van der Waals surface area contributed by atoms with Gasteiger partial charge in [-0.1, -0.05) is 0 Å². The van der Waals surface area contributed by atoms with Crippen LogP contribution in [0.25, 0.3) is 0 Å². The summed E-state index contributed by atoms with van der Waals surface area (Å²) in [5, 5.41) is 6.17. The molecule has 0 spiro atoms. The molecule has 23 heavy (non-hydrogen) atoms. The van der Waals surface area contributed by atoms with Crippen LogP contribution in [0, 0.1) is 0 Å². The van der Waals surface area contributed by atoms with Crippen LogP contribution < -0.4 is 20.1 Å². The van der Waals surface area contributed by atoms with E-state index < -0.39 is 0 Å². The van der Waals surface area contributed by atoms with E-state index in [4.69, 9.17) is 14.2 Å². The molecule has 1 heterocycles. The lowest BCUT2D eigenvalue weighted by molar-refractivity contribution is -0.117. The van der Waals surface area contributed by atoms with Crippen molar-refractivity contribution in [3.05, 3.63) is 16.6 Å². The molecule has 1 amide bonds. The van der Waals surface area contributed by atoms with Crippen LogP contribution in [0.4, 0.5) is 5.69 Å². The molecule has 0 aromatic heterocycles. The number of morpholine rings is 1. The maximum absolute atomic E-state index is 12.2. The third-order valence-electron chi connectivity index (χ3n) is 3.34. The summed E-state index contributed by atoms with van der Waals surface area (Å²) in [6.45, 7) is 6.93. The van der Waals surface area contributed by atoms with Gasteiger partial charge in [0.05, 0.1) is 32.1 Å². The van der Waals surface area contributed by atoms with Crippen molar-refractivity contribution in [3.8, 4) is 11.5 Å². The summed E-state index contributed by atoms with van der Waals surface area (Å²) >= 11 is 3.47. The van der Waals surface area contributed by atoms with Gasteiger partial charge in [0.2, 0.25) is 5.91 Å². The summed E-state index contributed by atoms with van der Waals surface area (Å²) in [6.07, 6.45) is 0.365. The van der Waals surface area contributed by atoms with E-state index in [1.165, 1.54) is 0 Å². The molecule has 6 nitrogen and oxygen atoms in total. The number of halogens is 1. The molecule has 1 aliphatic heterocycles. The number of amides is 1. The predicted molar refractivity (Wildman–Crippen MR) is 92.3 cm³/mol. The Morgan fingerprint density at radius 1 is 1.35 bits per heavy atom. The highest BCUT2D eigenvalue weighted by Crippen LogP contribution is 2.36. The van der Waals surface area contributed by atoms with Crippen molar-refractivity contribution in [2.45, 2.75) is 26.3 Å². The minimum atomic E-state index is -0.0692. The lowest BCUT2D eigenvalue weighted by Crippen LogP contribution is -2.43. The minimum Gasteiger partial charge on any atom is -0.490 e. The third kappa shape index (κ3) is 5.37. The fraction of sp³-hybridized carbons (Fsp3) is 0.562. The van der Waals surface area contributed by atoms with Crippen LogP contribution >= 0.6 is 15.9 Å². The monoisotopic (exact) mass is 386 g/mol. The quantitative estimate of drug-likeness (QED) is 0.753. The van der Waals surface area contributed by atoms with E-state index in [0.29, 0.717) is 50.0 Å². The number of hydrogen-bond acceptors (Lipinski definition) is 5. The second-order valence-electron chi connectivity index (χ2n) is 5.12. The molecule has 128 valence electrons. The van der Waals surface area contributed by atoms with Crippen molar-refractivity contribution in [1.82, 2.24) is 5.32 Å². The lowest BCUT2D eigenvalue weighted by Gasteiger charge is -2.23. The SMILES string of the molecule is CCOc1cc(Br)c(NC(=O)CC2COCCN2)cc1OCC. The molecule has 0 radical (unpaired) electrons. The molecule has 0 saturated carbocycles. The highest BCUT2D eigenvalue weighted by molar-refractivity contribution is 9.10. The number of carbonyl (C=O) groups excluding carboxylic acids is 1. The van der Waals surface area contributed by atoms with Crippen LogP contribution in [0.3, 0.4) is 0 Å². The summed E-state index contributed by atoms with van der Waals surface area (Å²) in [4.78, 5) is 12.2. The Kier molecular flexibility index (Phi) is 7.14. The Morgan fingerprint density at radius 3 is 2.65 bits per heavy atom. The molecule has 1 aromatic rings. The van der Waals surface area contributed by atoms with Crippen molar-refractivity contribution in [3.63, 3.8) is 0 Å². The van der Waals surface area contributed by atoms with E-state index in [9.17, 15) is 4.79 Å². The van der Waals surface area contributed by atoms with Gasteiger partial charge in [0.1, 0.15) is 0 Å². The average molecular weight is 387 g/mol. The van der Waals surface area contributed by atoms with Gasteiger partial charge in [-0.15, -0.1) is 0 Å². The molecular formula is C16H23BrN2O4. The maximum atomic E-state index is 12.2. The van der Waals surface area contributed by atoms with Gasteiger partial charge in [-0.05, 0) is 29.8 Å². The summed E-state index contributed by atoms with van der Waals surface area (Å²) in [7, 11) is 0. The number of nitrogens with one attached hydrogen (secondary N) is 2. The van der Waals surface area contributed by atoms with Crippen molar-refractivity contribution >= 4 is 27.5 Å². The number of rotatable bonds is 7. The fourth-order valence-corrected chi connectivity index (χ4v) is 2.76. The van der Waals surface area contributed by atoms with Crippen LogP contribution in [0.5, 0.6) is 11.5 Å². The van der Waals surface area contributed by atoms with Gasteiger partial charge >= 0.3 is 0 Å². The Bertz CT molecular complexity index is 533. The van der Waals surface area contributed by atoms with Gasteiger partial charge in [0, 0.05) is 35.6 Å². The molecule has 2 rings (SSSR count). The number of carbonyl (C=O) groups is 1. The second-order valence-corrected chi connectivity index (χ2v) is 5.98. The topological polar surface area (TPSA) is 68.8 Å². The van der Waals surface area contributed by atoms with Crippen molar-refractivity contribution in [2.24, 2.45) is 0 Å². The number of hydrogen-bond donors (Lipinski definition) is 2. The standard InChI is InChI=1S/C16H23BrN2O4/c1-3-22-14-8-12(17)13(9-15(14)23-4-2)19-16(20)7-11-10-21-6-5-18-11/h8-9,11,18H,3-7,10H2,1-2H3,(H,19,20). The van der Waals surface area contributed by atoms with E-state index in [1.807, 2.05) is 19.9 Å². The van der Waals surface area contributed by atoms with E-state index in [0.717, 1.165) is 11.0 Å². The summed E-state index contributed by atoms with van der Waals surface area (Å²) in [5.41, 5.74) is 0.665.